The number of nitrogens with zero attached hydrogens (tertiary/aromatic N) is 3. The van der Waals surface area contributed by atoms with Gasteiger partial charge in [0.25, 0.3) is 17.4 Å². The van der Waals surface area contributed by atoms with Crippen LogP contribution in [0.3, 0.4) is 0 Å². The van der Waals surface area contributed by atoms with Crippen molar-refractivity contribution in [3.8, 4) is 11.3 Å². The first kappa shape index (κ1) is 29.3. The van der Waals surface area contributed by atoms with E-state index in [1.54, 1.807) is 49.5 Å². The van der Waals surface area contributed by atoms with E-state index >= 15 is 0 Å². The van der Waals surface area contributed by atoms with Gasteiger partial charge in [-0.05, 0) is 72.7 Å². The maximum absolute atomic E-state index is 13.7. The largest absolute Gasteiger partial charge is 0.392 e. The molecule has 0 unspecified atom stereocenters. The molecule has 0 spiro atoms. The molecule has 44 heavy (non-hydrogen) atoms. The van der Waals surface area contributed by atoms with Gasteiger partial charge in [0.15, 0.2) is 5.82 Å². The molecule has 4 aromatic rings. The number of aliphatic hydroxyl groups is 1. The van der Waals surface area contributed by atoms with E-state index in [4.69, 9.17) is 4.74 Å². The second kappa shape index (κ2) is 12.4. The molecular weight excluding hydrogens is 558 g/mol. The van der Waals surface area contributed by atoms with Crippen molar-refractivity contribution in [2.24, 2.45) is 7.05 Å². The topological polar surface area (TPSA) is 126 Å². The molecule has 2 aliphatic rings. The predicted molar refractivity (Wildman–Crippen MR) is 169 cm³/mol. The first-order valence-corrected chi connectivity index (χ1v) is 14.8. The van der Waals surface area contributed by atoms with Gasteiger partial charge in [-0.2, -0.15) is 0 Å². The molecule has 1 fully saturated rings. The Labute approximate surface area is 255 Å². The molecule has 0 radical (unpaired) electrons. The molecule has 2 amide bonds. The number of carbonyl (C=O) groups excluding carboxylic acids is 2. The van der Waals surface area contributed by atoms with Crippen LogP contribution in [0.5, 0.6) is 0 Å². The van der Waals surface area contributed by atoms with E-state index < -0.39 is 0 Å². The number of methoxy groups -OCH3 is 1. The highest BCUT2D eigenvalue weighted by molar-refractivity contribution is 6.09. The van der Waals surface area contributed by atoms with Crippen molar-refractivity contribution in [3.05, 3.63) is 105 Å². The van der Waals surface area contributed by atoms with E-state index in [1.165, 1.54) is 23.0 Å². The molecule has 3 N–H and O–H groups in total. The lowest BCUT2D eigenvalue weighted by atomic mass is 9.93. The van der Waals surface area contributed by atoms with Crippen LogP contribution < -0.4 is 21.1 Å². The number of aromatic nitrogens is 2. The monoisotopic (exact) mass is 593 g/mol. The molecule has 2 heterocycles. The van der Waals surface area contributed by atoms with Gasteiger partial charge in [0.05, 0.1) is 24.6 Å². The lowest BCUT2D eigenvalue weighted by molar-refractivity contribution is 0.0935. The summed E-state index contributed by atoms with van der Waals surface area (Å²) in [6.45, 7) is 1.01. The van der Waals surface area contributed by atoms with Crippen LogP contribution in [0.4, 0.5) is 17.2 Å². The summed E-state index contributed by atoms with van der Waals surface area (Å²) in [6.07, 6.45) is 4.77. The zero-order valence-electron chi connectivity index (χ0n) is 24.8. The fourth-order valence-corrected chi connectivity index (χ4v) is 5.67. The van der Waals surface area contributed by atoms with Crippen molar-refractivity contribution in [3.63, 3.8) is 0 Å². The number of hydrogen-bond acceptors (Lipinski definition) is 7. The van der Waals surface area contributed by atoms with Gasteiger partial charge in [0, 0.05) is 61.4 Å². The molecule has 0 atom stereocenters. The number of benzene rings is 3. The van der Waals surface area contributed by atoms with Crippen LogP contribution in [0.25, 0.3) is 11.3 Å². The number of carbonyl (C=O) groups is 2. The summed E-state index contributed by atoms with van der Waals surface area (Å²) in [7, 11) is 3.20. The van der Waals surface area contributed by atoms with E-state index in [9.17, 15) is 19.5 Å². The zero-order chi connectivity index (χ0) is 30.8. The molecule has 6 rings (SSSR count). The van der Waals surface area contributed by atoms with Gasteiger partial charge < -0.3 is 29.9 Å². The first-order chi connectivity index (χ1) is 21.4. The number of ether oxygens (including phenoxy) is 1. The van der Waals surface area contributed by atoms with E-state index in [0.29, 0.717) is 64.9 Å². The fraction of sp³-hybridized carbons (Fsp3) is 0.294. The Kier molecular flexibility index (Phi) is 8.28. The van der Waals surface area contributed by atoms with Crippen molar-refractivity contribution < 1.29 is 19.4 Å². The summed E-state index contributed by atoms with van der Waals surface area (Å²) in [6, 6.07) is 18.4. The number of anilines is 3. The average Bonchev–Trinajstić information content (AvgIpc) is 3.89. The van der Waals surface area contributed by atoms with Gasteiger partial charge in [-0.3, -0.25) is 14.4 Å². The summed E-state index contributed by atoms with van der Waals surface area (Å²) in [5.41, 5.74) is 6.06. The molecule has 3 aromatic carbocycles. The summed E-state index contributed by atoms with van der Waals surface area (Å²) in [5, 5.41) is 16.4. The van der Waals surface area contributed by atoms with Crippen molar-refractivity contribution in [2.45, 2.75) is 31.8 Å². The molecule has 1 aliphatic heterocycles. The van der Waals surface area contributed by atoms with Gasteiger partial charge in [-0.15, -0.1) is 0 Å². The Morgan fingerprint density at radius 1 is 1.07 bits per heavy atom. The first-order valence-electron chi connectivity index (χ1n) is 14.8. The number of nitrogens with one attached hydrogen (secondary N) is 2. The van der Waals surface area contributed by atoms with Crippen molar-refractivity contribution in [1.82, 2.24) is 14.9 Å². The molecule has 10 nitrogen and oxygen atoms in total. The Balaban J connectivity index is 1.27. The summed E-state index contributed by atoms with van der Waals surface area (Å²) >= 11 is 0. The van der Waals surface area contributed by atoms with Crippen molar-refractivity contribution in [2.75, 3.05) is 37.0 Å². The summed E-state index contributed by atoms with van der Waals surface area (Å²) in [5.74, 6) is 0.398. The third-order valence-electron chi connectivity index (χ3n) is 8.21. The third kappa shape index (κ3) is 5.86. The zero-order valence-corrected chi connectivity index (χ0v) is 24.8. The highest BCUT2D eigenvalue weighted by Gasteiger charge is 2.30. The lowest BCUT2D eigenvalue weighted by Crippen LogP contribution is -2.38. The lowest BCUT2D eigenvalue weighted by Gasteiger charge is -2.31. The van der Waals surface area contributed by atoms with Crippen molar-refractivity contribution in [1.29, 1.82) is 0 Å². The van der Waals surface area contributed by atoms with Crippen LogP contribution in [0.2, 0.25) is 0 Å². The Morgan fingerprint density at radius 2 is 1.86 bits per heavy atom. The number of aryl methyl sites for hydroxylation is 1. The van der Waals surface area contributed by atoms with E-state index in [0.717, 1.165) is 12.0 Å². The smallest absolute Gasteiger partial charge is 0.293 e. The summed E-state index contributed by atoms with van der Waals surface area (Å²) < 4.78 is 6.39. The maximum atomic E-state index is 13.7. The second-order valence-electron chi connectivity index (χ2n) is 11.2. The Bertz CT molecular complexity index is 1780. The van der Waals surface area contributed by atoms with E-state index in [-0.39, 0.29) is 29.8 Å². The number of amides is 2. The van der Waals surface area contributed by atoms with E-state index in [2.05, 4.69) is 27.8 Å². The fourth-order valence-electron chi connectivity index (χ4n) is 5.67. The number of rotatable bonds is 10. The van der Waals surface area contributed by atoms with Crippen LogP contribution in [0.1, 0.15) is 56.2 Å². The van der Waals surface area contributed by atoms with Crippen LogP contribution in [-0.2, 0) is 24.8 Å². The Hall–Kier alpha value is -4.80. The quantitative estimate of drug-likeness (QED) is 0.236. The molecule has 10 heteroatoms. The molecule has 226 valence electrons. The van der Waals surface area contributed by atoms with Gasteiger partial charge in [0.1, 0.15) is 0 Å². The van der Waals surface area contributed by atoms with Gasteiger partial charge in [-0.25, -0.2) is 4.98 Å². The SMILES string of the molecule is COCCNC(=O)c1ccc(Nc2nc(-c3cccc(N4CCc5cc(C6CC6)ccc5C4=O)c3CO)cn(C)c2=O)cc1. The normalized spacial score (nSPS) is 14.3. The van der Waals surface area contributed by atoms with Gasteiger partial charge in [0.2, 0.25) is 0 Å². The highest BCUT2D eigenvalue weighted by Crippen LogP contribution is 2.41. The number of fused-ring (bicyclic) bond motifs is 1. The highest BCUT2D eigenvalue weighted by atomic mass is 16.5. The minimum Gasteiger partial charge on any atom is -0.392 e. The van der Waals surface area contributed by atoms with Crippen LogP contribution >= 0.6 is 0 Å². The number of hydrogen-bond donors (Lipinski definition) is 3. The Morgan fingerprint density at radius 3 is 2.59 bits per heavy atom. The van der Waals surface area contributed by atoms with Crippen LogP contribution in [0.15, 0.2) is 71.7 Å². The van der Waals surface area contributed by atoms with E-state index in [1.807, 2.05) is 24.3 Å². The third-order valence-corrected chi connectivity index (χ3v) is 8.21. The molecule has 0 saturated heterocycles. The second-order valence-corrected chi connectivity index (χ2v) is 11.2. The van der Waals surface area contributed by atoms with Gasteiger partial charge >= 0.3 is 0 Å². The van der Waals surface area contributed by atoms with Crippen LogP contribution in [-0.4, -0.2) is 53.3 Å². The predicted octanol–water partition coefficient (Wildman–Crippen LogP) is 4.14. The van der Waals surface area contributed by atoms with Gasteiger partial charge in [-0.1, -0.05) is 24.3 Å². The molecular formula is C34H35N5O5. The average molecular weight is 594 g/mol. The number of aliphatic hydroxyl groups excluding tert-OH is 1. The molecule has 1 aliphatic carbocycles. The van der Waals surface area contributed by atoms with Crippen molar-refractivity contribution >= 4 is 29.0 Å². The maximum Gasteiger partial charge on any atom is 0.293 e. The molecule has 1 saturated carbocycles. The standard InChI is InChI=1S/C34H35N5O5/c1-38-19-29(37-31(34(38)43)36-25-11-8-22(9-12-25)32(41)35-15-17-44-2)27-4-3-5-30(28(27)20-40)39-16-14-24-18-23(21-6-7-21)10-13-26(24)33(39)42/h3-5,8-13,18-19,21,40H,6-7,14-17,20H2,1-2H3,(H,35,41)(H,36,37). The summed E-state index contributed by atoms with van der Waals surface area (Å²) in [4.78, 5) is 45.4. The minimum absolute atomic E-state index is 0.0889. The minimum atomic E-state index is -0.342. The van der Waals surface area contributed by atoms with Crippen LogP contribution in [0, 0.1) is 0 Å². The molecule has 1 aromatic heterocycles. The molecule has 0 bridgehead atoms.